The summed E-state index contributed by atoms with van der Waals surface area (Å²) in [5.41, 5.74) is 9.78. The van der Waals surface area contributed by atoms with Gasteiger partial charge in [0.2, 0.25) is 5.78 Å². The SMILES string of the molecule is N#Cc1c(-c2ccccc2)c2n(c1N)-c1ccccc1C2=O. The summed E-state index contributed by atoms with van der Waals surface area (Å²) in [6.45, 7) is 0. The van der Waals surface area contributed by atoms with Gasteiger partial charge >= 0.3 is 0 Å². The minimum absolute atomic E-state index is 0.0948. The molecule has 3 aromatic rings. The second-order valence-corrected chi connectivity index (χ2v) is 5.14. The molecule has 0 amide bonds. The van der Waals surface area contributed by atoms with Gasteiger partial charge in [0.25, 0.3) is 0 Å². The maximum Gasteiger partial charge on any atom is 0.212 e. The average Bonchev–Trinajstić information content (AvgIpc) is 3.02. The van der Waals surface area contributed by atoms with Crippen molar-refractivity contribution in [3.63, 3.8) is 0 Å². The van der Waals surface area contributed by atoms with Crippen LogP contribution in [0.4, 0.5) is 5.82 Å². The van der Waals surface area contributed by atoms with E-state index < -0.39 is 0 Å². The number of nitrogen functional groups attached to an aromatic ring is 1. The van der Waals surface area contributed by atoms with Crippen LogP contribution in [-0.4, -0.2) is 10.4 Å². The number of aromatic nitrogens is 1. The van der Waals surface area contributed by atoms with Crippen molar-refractivity contribution in [1.29, 1.82) is 5.26 Å². The third kappa shape index (κ3) is 1.42. The molecule has 0 spiro atoms. The normalized spacial score (nSPS) is 11.9. The first-order chi connectivity index (χ1) is 10.7. The lowest BCUT2D eigenvalue weighted by molar-refractivity contribution is 0.104. The number of anilines is 1. The third-order valence-corrected chi connectivity index (χ3v) is 3.99. The van der Waals surface area contributed by atoms with Crippen molar-refractivity contribution in [2.75, 3.05) is 5.73 Å². The fourth-order valence-electron chi connectivity index (χ4n) is 3.04. The molecule has 104 valence electrons. The summed E-state index contributed by atoms with van der Waals surface area (Å²) in [5, 5.41) is 9.50. The summed E-state index contributed by atoms with van der Waals surface area (Å²) >= 11 is 0. The second kappa shape index (κ2) is 4.34. The van der Waals surface area contributed by atoms with Crippen molar-refractivity contribution in [3.05, 3.63) is 71.4 Å². The number of rotatable bonds is 1. The number of nitrogens with zero attached hydrogens (tertiary/aromatic N) is 2. The van der Waals surface area contributed by atoms with E-state index in [0.29, 0.717) is 28.2 Å². The Balaban J connectivity index is 2.13. The minimum atomic E-state index is -0.0948. The molecule has 4 heteroatoms. The summed E-state index contributed by atoms with van der Waals surface area (Å²) in [7, 11) is 0. The molecule has 0 aliphatic carbocycles. The highest BCUT2D eigenvalue weighted by Crippen LogP contribution is 2.42. The lowest BCUT2D eigenvalue weighted by Crippen LogP contribution is -2.00. The van der Waals surface area contributed by atoms with Crippen LogP contribution in [0, 0.1) is 11.3 Å². The molecule has 4 rings (SSSR count). The first-order valence-corrected chi connectivity index (χ1v) is 6.88. The Bertz CT molecular complexity index is 962. The van der Waals surface area contributed by atoms with Gasteiger partial charge < -0.3 is 5.73 Å². The molecule has 1 aromatic heterocycles. The predicted octanol–water partition coefficient (Wildman–Crippen LogP) is 3.14. The van der Waals surface area contributed by atoms with Crippen molar-refractivity contribution in [1.82, 2.24) is 4.57 Å². The number of hydrogen-bond donors (Lipinski definition) is 1. The molecule has 4 nitrogen and oxygen atoms in total. The van der Waals surface area contributed by atoms with Crippen LogP contribution in [0.5, 0.6) is 0 Å². The van der Waals surface area contributed by atoms with E-state index in [1.54, 1.807) is 10.6 Å². The van der Waals surface area contributed by atoms with Gasteiger partial charge in [0.15, 0.2) is 0 Å². The Hall–Kier alpha value is -3.32. The largest absolute Gasteiger partial charge is 0.384 e. The van der Waals surface area contributed by atoms with E-state index in [4.69, 9.17) is 5.73 Å². The summed E-state index contributed by atoms with van der Waals surface area (Å²) in [6, 6.07) is 18.9. The van der Waals surface area contributed by atoms with Crippen LogP contribution < -0.4 is 5.73 Å². The predicted molar refractivity (Wildman–Crippen MR) is 83.8 cm³/mol. The number of carbonyl (C=O) groups is 1. The number of nitrogens with two attached hydrogens (primary N) is 1. The lowest BCUT2D eigenvalue weighted by atomic mass is 9.98. The molecule has 22 heavy (non-hydrogen) atoms. The maximum absolute atomic E-state index is 12.8. The fourth-order valence-corrected chi connectivity index (χ4v) is 3.04. The van der Waals surface area contributed by atoms with Crippen LogP contribution >= 0.6 is 0 Å². The summed E-state index contributed by atoms with van der Waals surface area (Å²) in [6.07, 6.45) is 0. The van der Waals surface area contributed by atoms with Crippen molar-refractivity contribution in [2.24, 2.45) is 0 Å². The van der Waals surface area contributed by atoms with Gasteiger partial charge in [-0.15, -0.1) is 0 Å². The zero-order valence-electron chi connectivity index (χ0n) is 11.6. The Morgan fingerprint density at radius 2 is 1.68 bits per heavy atom. The van der Waals surface area contributed by atoms with Crippen molar-refractivity contribution < 1.29 is 4.79 Å². The number of ketones is 1. The summed E-state index contributed by atoms with van der Waals surface area (Å²) in [4.78, 5) is 12.8. The molecule has 2 aromatic carbocycles. The highest BCUT2D eigenvalue weighted by molar-refractivity contribution is 6.19. The maximum atomic E-state index is 12.8. The second-order valence-electron chi connectivity index (χ2n) is 5.14. The van der Waals surface area contributed by atoms with Crippen LogP contribution in [0.15, 0.2) is 54.6 Å². The van der Waals surface area contributed by atoms with E-state index in [1.807, 2.05) is 48.5 Å². The molecule has 2 heterocycles. The Morgan fingerprint density at radius 1 is 1.00 bits per heavy atom. The summed E-state index contributed by atoms with van der Waals surface area (Å²) < 4.78 is 1.69. The first kappa shape index (κ1) is 12.4. The molecule has 0 radical (unpaired) electrons. The van der Waals surface area contributed by atoms with Gasteiger partial charge in [-0.2, -0.15) is 5.26 Å². The monoisotopic (exact) mass is 285 g/mol. The fraction of sp³-hybridized carbons (Fsp3) is 0. The molecule has 0 unspecified atom stereocenters. The molecular weight excluding hydrogens is 274 g/mol. The molecule has 0 fully saturated rings. The zero-order chi connectivity index (χ0) is 15.3. The highest BCUT2D eigenvalue weighted by atomic mass is 16.1. The lowest BCUT2D eigenvalue weighted by Gasteiger charge is -2.03. The standard InChI is InChI=1S/C18H11N3O/c19-10-13-15(11-6-2-1-3-7-11)16-17(22)12-8-4-5-9-14(12)21(16)18(13)20/h1-9H,20H2. The van der Waals surface area contributed by atoms with Gasteiger partial charge in [-0.25, -0.2) is 0 Å². The quantitative estimate of drug-likeness (QED) is 0.584. The Kier molecular flexibility index (Phi) is 2.45. The number of fused-ring (bicyclic) bond motifs is 3. The number of carbonyl (C=O) groups excluding carboxylic acids is 1. The molecule has 0 bridgehead atoms. The van der Waals surface area contributed by atoms with E-state index in [-0.39, 0.29) is 5.78 Å². The van der Waals surface area contributed by atoms with Gasteiger partial charge in [0.1, 0.15) is 23.1 Å². The Morgan fingerprint density at radius 3 is 2.41 bits per heavy atom. The number of nitriles is 1. The van der Waals surface area contributed by atoms with Crippen molar-refractivity contribution in [2.45, 2.75) is 0 Å². The van der Waals surface area contributed by atoms with Gasteiger partial charge in [-0.3, -0.25) is 9.36 Å². The molecule has 1 aliphatic rings. The van der Waals surface area contributed by atoms with Gasteiger partial charge in [0.05, 0.1) is 5.69 Å². The van der Waals surface area contributed by atoms with E-state index in [9.17, 15) is 10.1 Å². The molecule has 2 N–H and O–H groups in total. The summed E-state index contributed by atoms with van der Waals surface area (Å²) in [5.74, 6) is 0.220. The topological polar surface area (TPSA) is 71.8 Å². The van der Waals surface area contributed by atoms with Gasteiger partial charge in [0, 0.05) is 11.1 Å². The van der Waals surface area contributed by atoms with E-state index in [2.05, 4.69) is 6.07 Å². The van der Waals surface area contributed by atoms with E-state index in [1.165, 1.54) is 0 Å². The molecule has 0 saturated heterocycles. The molecule has 1 aliphatic heterocycles. The smallest absolute Gasteiger partial charge is 0.212 e. The van der Waals surface area contributed by atoms with Crippen molar-refractivity contribution >= 4 is 11.6 Å². The van der Waals surface area contributed by atoms with E-state index in [0.717, 1.165) is 11.3 Å². The zero-order valence-corrected chi connectivity index (χ0v) is 11.6. The van der Waals surface area contributed by atoms with Crippen LogP contribution in [-0.2, 0) is 0 Å². The number of benzene rings is 2. The Labute approximate surface area is 127 Å². The average molecular weight is 285 g/mol. The highest BCUT2D eigenvalue weighted by Gasteiger charge is 2.35. The molecule has 0 atom stereocenters. The third-order valence-electron chi connectivity index (χ3n) is 3.99. The van der Waals surface area contributed by atoms with Crippen LogP contribution in [0.1, 0.15) is 21.6 Å². The van der Waals surface area contributed by atoms with Gasteiger partial charge in [-0.05, 0) is 17.7 Å². The number of hydrogen-bond acceptors (Lipinski definition) is 3. The van der Waals surface area contributed by atoms with Crippen LogP contribution in [0.25, 0.3) is 16.8 Å². The molecular formula is C18H11N3O. The number of para-hydroxylation sites is 1. The molecule has 0 saturated carbocycles. The van der Waals surface area contributed by atoms with Crippen LogP contribution in [0.3, 0.4) is 0 Å². The van der Waals surface area contributed by atoms with E-state index >= 15 is 0 Å². The first-order valence-electron chi connectivity index (χ1n) is 6.88. The van der Waals surface area contributed by atoms with Crippen molar-refractivity contribution in [3.8, 4) is 22.9 Å². The van der Waals surface area contributed by atoms with Crippen LogP contribution in [0.2, 0.25) is 0 Å². The minimum Gasteiger partial charge on any atom is -0.384 e. The van der Waals surface area contributed by atoms with Gasteiger partial charge in [-0.1, -0.05) is 42.5 Å².